The quantitative estimate of drug-likeness (QED) is 0.687. The van der Waals surface area contributed by atoms with E-state index in [4.69, 9.17) is 0 Å². The van der Waals surface area contributed by atoms with Crippen molar-refractivity contribution in [3.63, 3.8) is 0 Å². The van der Waals surface area contributed by atoms with E-state index in [1.54, 1.807) is 34.5 Å². The lowest BCUT2D eigenvalue weighted by Gasteiger charge is -2.30. The number of carbonyl (C=O) groups excluding carboxylic acids is 2. The molecule has 7 heteroatoms. The van der Waals surface area contributed by atoms with Crippen LogP contribution in [0.25, 0.3) is 0 Å². The van der Waals surface area contributed by atoms with Gasteiger partial charge in [0.15, 0.2) is 5.82 Å². The van der Waals surface area contributed by atoms with Crippen LogP contribution in [-0.4, -0.2) is 39.8 Å². The number of amides is 2. The summed E-state index contributed by atoms with van der Waals surface area (Å²) >= 11 is 0. The molecule has 4 rings (SSSR count). The van der Waals surface area contributed by atoms with E-state index in [-0.39, 0.29) is 18.4 Å². The summed E-state index contributed by atoms with van der Waals surface area (Å²) in [7, 11) is 0. The molecule has 1 aliphatic rings. The van der Waals surface area contributed by atoms with Gasteiger partial charge in [-0.1, -0.05) is 30.3 Å². The van der Waals surface area contributed by atoms with Crippen LogP contribution < -0.4 is 10.2 Å². The Hall–Kier alpha value is -3.74. The number of pyridine rings is 2. The van der Waals surface area contributed by atoms with E-state index in [9.17, 15) is 9.59 Å². The molecule has 0 fully saturated rings. The molecule has 0 saturated carbocycles. The van der Waals surface area contributed by atoms with E-state index in [0.29, 0.717) is 36.7 Å². The second-order valence-electron chi connectivity index (χ2n) is 7.09. The lowest BCUT2D eigenvalue weighted by atomic mass is 10.1. The fourth-order valence-electron chi connectivity index (χ4n) is 3.46. The zero-order valence-corrected chi connectivity index (χ0v) is 16.8. The van der Waals surface area contributed by atoms with Crippen molar-refractivity contribution >= 4 is 23.3 Å². The standard InChI is InChI=1S/C23H23N5O2/c1-2-27(15-18-8-10-24-11-9-18)23(30)19-12-20-22(25-13-19)26-14-21(29)28(20)16-17-6-4-3-5-7-17/h3-13H,2,14-16H2,1H3,(H,25,26). The van der Waals surface area contributed by atoms with Crippen molar-refractivity contribution in [3.8, 4) is 0 Å². The summed E-state index contributed by atoms with van der Waals surface area (Å²) in [5.74, 6) is 0.434. The van der Waals surface area contributed by atoms with Gasteiger partial charge in [0, 0.05) is 31.7 Å². The van der Waals surface area contributed by atoms with Crippen LogP contribution in [0.15, 0.2) is 67.1 Å². The first-order chi connectivity index (χ1) is 14.7. The first-order valence-electron chi connectivity index (χ1n) is 9.92. The molecule has 3 heterocycles. The number of rotatable bonds is 6. The molecule has 0 unspecified atom stereocenters. The van der Waals surface area contributed by atoms with E-state index >= 15 is 0 Å². The Bertz CT molecular complexity index is 1040. The normalized spacial score (nSPS) is 12.8. The fraction of sp³-hybridized carbons (Fsp3) is 0.217. The molecule has 7 nitrogen and oxygen atoms in total. The first-order valence-corrected chi connectivity index (χ1v) is 9.92. The van der Waals surface area contributed by atoms with E-state index in [2.05, 4.69) is 15.3 Å². The molecule has 1 aromatic carbocycles. The molecule has 30 heavy (non-hydrogen) atoms. The summed E-state index contributed by atoms with van der Waals surface area (Å²) in [4.78, 5) is 37.6. The van der Waals surface area contributed by atoms with Gasteiger partial charge in [0.2, 0.25) is 5.91 Å². The number of benzene rings is 1. The summed E-state index contributed by atoms with van der Waals surface area (Å²) < 4.78 is 0. The molecular weight excluding hydrogens is 378 g/mol. The van der Waals surface area contributed by atoms with Crippen LogP contribution in [0.5, 0.6) is 0 Å². The minimum Gasteiger partial charge on any atom is -0.359 e. The Morgan fingerprint density at radius 2 is 1.90 bits per heavy atom. The van der Waals surface area contributed by atoms with Crippen molar-refractivity contribution in [2.75, 3.05) is 23.3 Å². The van der Waals surface area contributed by atoms with Gasteiger partial charge < -0.3 is 15.1 Å². The smallest absolute Gasteiger partial charge is 0.255 e. The van der Waals surface area contributed by atoms with Gasteiger partial charge in [0.05, 0.1) is 24.3 Å². The number of anilines is 2. The van der Waals surface area contributed by atoms with Gasteiger partial charge in [0.25, 0.3) is 5.91 Å². The van der Waals surface area contributed by atoms with Gasteiger partial charge in [-0.15, -0.1) is 0 Å². The van der Waals surface area contributed by atoms with Crippen molar-refractivity contribution in [3.05, 3.63) is 83.8 Å². The summed E-state index contributed by atoms with van der Waals surface area (Å²) in [6.45, 7) is 3.60. The highest BCUT2D eigenvalue weighted by atomic mass is 16.2. The number of nitrogens with zero attached hydrogens (tertiary/aromatic N) is 4. The number of nitrogens with one attached hydrogen (secondary N) is 1. The Balaban J connectivity index is 1.61. The maximum atomic E-state index is 13.2. The predicted molar refractivity (Wildman–Crippen MR) is 115 cm³/mol. The maximum Gasteiger partial charge on any atom is 0.255 e. The van der Waals surface area contributed by atoms with Gasteiger partial charge in [-0.05, 0) is 36.2 Å². The van der Waals surface area contributed by atoms with E-state index in [1.807, 2.05) is 49.4 Å². The SMILES string of the molecule is CCN(Cc1ccncc1)C(=O)c1cnc2c(c1)N(Cc1ccccc1)C(=O)CN2. The monoisotopic (exact) mass is 401 g/mol. The minimum absolute atomic E-state index is 0.0538. The Morgan fingerprint density at radius 3 is 2.63 bits per heavy atom. The minimum atomic E-state index is -0.123. The zero-order valence-electron chi connectivity index (χ0n) is 16.8. The molecule has 1 aliphatic heterocycles. The maximum absolute atomic E-state index is 13.2. The van der Waals surface area contributed by atoms with Crippen molar-refractivity contribution in [1.29, 1.82) is 0 Å². The topological polar surface area (TPSA) is 78.4 Å². The van der Waals surface area contributed by atoms with Crippen LogP contribution in [0.2, 0.25) is 0 Å². The number of carbonyl (C=O) groups is 2. The van der Waals surface area contributed by atoms with Crippen molar-refractivity contribution < 1.29 is 9.59 Å². The molecule has 0 spiro atoms. The van der Waals surface area contributed by atoms with Crippen molar-refractivity contribution in [2.45, 2.75) is 20.0 Å². The van der Waals surface area contributed by atoms with Crippen LogP contribution >= 0.6 is 0 Å². The summed E-state index contributed by atoms with van der Waals surface area (Å²) in [6, 6.07) is 15.3. The number of fused-ring (bicyclic) bond motifs is 1. The van der Waals surface area contributed by atoms with Crippen LogP contribution in [0.1, 0.15) is 28.4 Å². The molecule has 0 radical (unpaired) electrons. The Labute approximate surface area is 175 Å². The molecule has 2 amide bonds. The first kappa shape index (κ1) is 19.6. The molecule has 0 saturated heterocycles. The largest absolute Gasteiger partial charge is 0.359 e. The second kappa shape index (κ2) is 8.73. The van der Waals surface area contributed by atoms with E-state index in [0.717, 1.165) is 11.1 Å². The average molecular weight is 401 g/mol. The molecule has 0 bridgehead atoms. The van der Waals surface area contributed by atoms with Crippen LogP contribution in [0.3, 0.4) is 0 Å². The molecule has 152 valence electrons. The Morgan fingerprint density at radius 1 is 1.13 bits per heavy atom. The second-order valence-corrected chi connectivity index (χ2v) is 7.09. The van der Waals surface area contributed by atoms with Crippen LogP contribution in [0, 0.1) is 0 Å². The molecule has 0 aliphatic carbocycles. The van der Waals surface area contributed by atoms with Gasteiger partial charge in [-0.25, -0.2) is 4.98 Å². The highest BCUT2D eigenvalue weighted by Crippen LogP contribution is 2.30. The van der Waals surface area contributed by atoms with Gasteiger partial charge in [0.1, 0.15) is 0 Å². The molecule has 1 N–H and O–H groups in total. The molecule has 3 aromatic rings. The zero-order chi connectivity index (χ0) is 20.9. The highest BCUT2D eigenvalue weighted by Gasteiger charge is 2.27. The summed E-state index contributed by atoms with van der Waals surface area (Å²) in [5, 5.41) is 3.04. The molecule has 0 atom stereocenters. The third kappa shape index (κ3) is 4.15. The lowest BCUT2D eigenvalue weighted by Crippen LogP contribution is -2.40. The number of hydrogen-bond donors (Lipinski definition) is 1. The van der Waals surface area contributed by atoms with Gasteiger partial charge in [-0.3, -0.25) is 14.6 Å². The Kier molecular flexibility index (Phi) is 5.70. The van der Waals surface area contributed by atoms with Gasteiger partial charge in [-0.2, -0.15) is 0 Å². The van der Waals surface area contributed by atoms with E-state index < -0.39 is 0 Å². The highest BCUT2D eigenvalue weighted by molar-refractivity contribution is 6.04. The average Bonchev–Trinajstić information content (AvgIpc) is 2.80. The van der Waals surface area contributed by atoms with Gasteiger partial charge >= 0.3 is 0 Å². The molecule has 2 aromatic heterocycles. The summed E-state index contributed by atoms with van der Waals surface area (Å²) in [5.41, 5.74) is 3.11. The van der Waals surface area contributed by atoms with Crippen LogP contribution in [0.4, 0.5) is 11.5 Å². The lowest BCUT2D eigenvalue weighted by molar-refractivity contribution is -0.117. The fourth-order valence-corrected chi connectivity index (χ4v) is 3.46. The van der Waals surface area contributed by atoms with Crippen molar-refractivity contribution in [2.24, 2.45) is 0 Å². The van der Waals surface area contributed by atoms with E-state index in [1.165, 1.54) is 0 Å². The third-order valence-corrected chi connectivity index (χ3v) is 5.09. The summed E-state index contributed by atoms with van der Waals surface area (Å²) in [6.07, 6.45) is 5.00. The van der Waals surface area contributed by atoms with Crippen LogP contribution in [-0.2, 0) is 17.9 Å². The predicted octanol–water partition coefficient (Wildman–Crippen LogP) is 3.10. The number of hydrogen-bond acceptors (Lipinski definition) is 5. The molecular formula is C23H23N5O2. The number of aromatic nitrogens is 2. The van der Waals surface area contributed by atoms with Crippen molar-refractivity contribution in [1.82, 2.24) is 14.9 Å². The third-order valence-electron chi connectivity index (χ3n) is 5.09.